The highest BCUT2D eigenvalue weighted by atomic mass is 35.5. The highest BCUT2D eigenvalue weighted by Gasteiger charge is 2.44. The number of esters is 2. The molecule has 1 aliphatic heterocycles. The highest BCUT2D eigenvalue weighted by molar-refractivity contribution is 6.35. The van der Waals surface area contributed by atoms with E-state index in [1.807, 2.05) is 0 Å². The molecule has 6 heteroatoms. The van der Waals surface area contributed by atoms with Crippen molar-refractivity contribution in [3.8, 4) is 0 Å². The van der Waals surface area contributed by atoms with Gasteiger partial charge in [-0.05, 0) is 24.6 Å². The molecule has 1 aromatic carbocycles. The van der Waals surface area contributed by atoms with E-state index in [1.165, 1.54) is 26.2 Å². The summed E-state index contributed by atoms with van der Waals surface area (Å²) in [4.78, 5) is 23.5. The number of cyclic esters (lactones) is 1. The number of rotatable bonds is 1. The fraction of sp³-hybridized carbons (Fsp3) is 0.333. The zero-order valence-electron chi connectivity index (χ0n) is 9.75. The van der Waals surface area contributed by atoms with Crippen molar-refractivity contribution >= 4 is 35.1 Å². The van der Waals surface area contributed by atoms with E-state index >= 15 is 0 Å². The summed E-state index contributed by atoms with van der Waals surface area (Å²) < 4.78 is 9.77. The fourth-order valence-corrected chi connectivity index (χ4v) is 2.49. The molecule has 0 amide bonds. The number of carbonyl (C=O) groups is 2. The second-order valence-corrected chi connectivity index (χ2v) is 5.05. The molecule has 1 atom stereocenters. The SMILES string of the molecule is COC(=O)C1(C)Cc2c(Cl)cc(Cl)cc2C(=O)O1. The van der Waals surface area contributed by atoms with Crippen molar-refractivity contribution in [2.75, 3.05) is 7.11 Å². The van der Waals surface area contributed by atoms with Crippen molar-refractivity contribution in [1.29, 1.82) is 0 Å². The van der Waals surface area contributed by atoms with Crippen LogP contribution in [-0.2, 0) is 20.7 Å². The standard InChI is InChI=1S/C12H10Cl2O4/c1-12(11(16)17-2)5-8-7(10(15)18-12)3-6(13)4-9(8)14/h3-4H,5H2,1-2H3. The van der Waals surface area contributed by atoms with E-state index in [-0.39, 0.29) is 12.0 Å². The van der Waals surface area contributed by atoms with Crippen molar-refractivity contribution < 1.29 is 19.1 Å². The summed E-state index contributed by atoms with van der Waals surface area (Å²) in [6, 6.07) is 3.00. The predicted octanol–water partition coefficient (Wildman–Crippen LogP) is 2.64. The van der Waals surface area contributed by atoms with Crippen LogP contribution in [0.25, 0.3) is 0 Å². The molecule has 2 rings (SSSR count). The van der Waals surface area contributed by atoms with Crippen LogP contribution in [0.2, 0.25) is 10.0 Å². The van der Waals surface area contributed by atoms with Crippen molar-refractivity contribution in [3.63, 3.8) is 0 Å². The van der Waals surface area contributed by atoms with Crippen LogP contribution in [-0.4, -0.2) is 24.6 Å². The van der Waals surface area contributed by atoms with Crippen molar-refractivity contribution in [2.24, 2.45) is 0 Å². The van der Waals surface area contributed by atoms with Crippen molar-refractivity contribution in [1.82, 2.24) is 0 Å². The van der Waals surface area contributed by atoms with Gasteiger partial charge in [0, 0.05) is 16.5 Å². The molecule has 1 aromatic rings. The van der Waals surface area contributed by atoms with E-state index in [0.717, 1.165) is 0 Å². The van der Waals surface area contributed by atoms with Gasteiger partial charge in [-0.2, -0.15) is 0 Å². The van der Waals surface area contributed by atoms with Gasteiger partial charge in [0.2, 0.25) is 5.60 Å². The molecule has 18 heavy (non-hydrogen) atoms. The summed E-state index contributed by atoms with van der Waals surface area (Å²) in [5, 5.41) is 0.682. The van der Waals surface area contributed by atoms with Crippen molar-refractivity contribution in [2.45, 2.75) is 18.9 Å². The van der Waals surface area contributed by atoms with Gasteiger partial charge in [0.05, 0.1) is 12.7 Å². The third-order valence-electron chi connectivity index (χ3n) is 2.83. The Bertz CT molecular complexity index is 541. The quantitative estimate of drug-likeness (QED) is 0.746. The molecular formula is C12H10Cl2O4. The molecule has 0 spiro atoms. The number of benzene rings is 1. The summed E-state index contributed by atoms with van der Waals surface area (Å²) in [6.45, 7) is 1.49. The van der Waals surface area contributed by atoms with Crippen LogP contribution in [0.1, 0.15) is 22.8 Å². The van der Waals surface area contributed by atoms with Gasteiger partial charge in [-0.3, -0.25) is 0 Å². The Kier molecular flexibility index (Phi) is 3.25. The summed E-state index contributed by atoms with van der Waals surface area (Å²) in [7, 11) is 1.24. The van der Waals surface area contributed by atoms with Gasteiger partial charge in [0.15, 0.2) is 0 Å². The Labute approximate surface area is 114 Å². The summed E-state index contributed by atoms with van der Waals surface area (Å²) >= 11 is 11.9. The molecule has 0 radical (unpaired) electrons. The number of hydrogen-bond acceptors (Lipinski definition) is 4. The molecule has 1 aliphatic rings. The first-order valence-corrected chi connectivity index (χ1v) is 5.92. The molecule has 96 valence electrons. The topological polar surface area (TPSA) is 52.6 Å². The normalized spacial score (nSPS) is 22.1. The number of halogens is 2. The Morgan fingerprint density at radius 1 is 1.44 bits per heavy atom. The van der Waals surface area contributed by atoms with Gasteiger partial charge in [-0.1, -0.05) is 23.2 Å². The Balaban J connectivity index is 2.52. The predicted molar refractivity (Wildman–Crippen MR) is 66.0 cm³/mol. The Morgan fingerprint density at radius 2 is 2.11 bits per heavy atom. The molecule has 0 saturated carbocycles. The monoisotopic (exact) mass is 288 g/mol. The van der Waals surface area contributed by atoms with Gasteiger partial charge >= 0.3 is 11.9 Å². The molecule has 0 aliphatic carbocycles. The maximum atomic E-state index is 11.9. The first-order valence-electron chi connectivity index (χ1n) is 5.17. The van der Waals surface area contributed by atoms with Gasteiger partial charge in [0.25, 0.3) is 0 Å². The van der Waals surface area contributed by atoms with Crippen LogP contribution in [0.4, 0.5) is 0 Å². The lowest BCUT2D eigenvalue weighted by Crippen LogP contribution is -2.46. The number of methoxy groups -OCH3 is 1. The van der Waals surface area contributed by atoms with Gasteiger partial charge in [0.1, 0.15) is 0 Å². The smallest absolute Gasteiger partial charge is 0.350 e. The van der Waals surface area contributed by atoms with E-state index in [4.69, 9.17) is 27.9 Å². The molecule has 1 heterocycles. The van der Waals surface area contributed by atoms with Gasteiger partial charge in [-0.15, -0.1) is 0 Å². The van der Waals surface area contributed by atoms with Gasteiger partial charge < -0.3 is 9.47 Å². The first-order chi connectivity index (χ1) is 8.37. The largest absolute Gasteiger partial charge is 0.466 e. The molecule has 0 fully saturated rings. The maximum absolute atomic E-state index is 11.9. The first kappa shape index (κ1) is 13.2. The lowest BCUT2D eigenvalue weighted by atomic mass is 9.90. The zero-order valence-corrected chi connectivity index (χ0v) is 11.3. The number of carbonyl (C=O) groups excluding carboxylic acids is 2. The minimum Gasteiger partial charge on any atom is -0.466 e. The molecular weight excluding hydrogens is 279 g/mol. The lowest BCUT2D eigenvalue weighted by Gasteiger charge is -2.32. The second kappa shape index (κ2) is 4.44. The van der Waals surface area contributed by atoms with E-state index in [2.05, 4.69) is 4.74 Å². The molecule has 4 nitrogen and oxygen atoms in total. The molecule has 1 unspecified atom stereocenters. The van der Waals surface area contributed by atoms with E-state index in [9.17, 15) is 9.59 Å². The Morgan fingerprint density at radius 3 is 2.72 bits per heavy atom. The van der Waals surface area contributed by atoms with Crippen LogP contribution >= 0.6 is 23.2 Å². The lowest BCUT2D eigenvalue weighted by molar-refractivity contribution is -0.161. The molecule has 0 saturated heterocycles. The Hall–Kier alpha value is -1.26. The third kappa shape index (κ3) is 2.06. The number of hydrogen-bond donors (Lipinski definition) is 0. The number of ether oxygens (including phenoxy) is 2. The number of fused-ring (bicyclic) bond motifs is 1. The molecule has 0 aromatic heterocycles. The van der Waals surface area contributed by atoms with E-state index in [0.29, 0.717) is 15.6 Å². The summed E-state index contributed by atoms with van der Waals surface area (Å²) in [6.07, 6.45) is 0.163. The zero-order chi connectivity index (χ0) is 13.5. The van der Waals surface area contributed by atoms with E-state index in [1.54, 1.807) is 0 Å². The summed E-state index contributed by atoms with van der Waals surface area (Å²) in [5.41, 5.74) is -0.518. The third-order valence-corrected chi connectivity index (χ3v) is 3.38. The van der Waals surface area contributed by atoms with Crippen LogP contribution in [0, 0.1) is 0 Å². The minimum atomic E-state index is -1.35. The second-order valence-electron chi connectivity index (χ2n) is 4.20. The fourth-order valence-electron chi connectivity index (χ4n) is 1.93. The van der Waals surface area contributed by atoms with Crippen LogP contribution in [0.15, 0.2) is 12.1 Å². The van der Waals surface area contributed by atoms with Gasteiger partial charge in [-0.25, -0.2) is 9.59 Å². The van der Waals surface area contributed by atoms with Crippen LogP contribution in [0.3, 0.4) is 0 Å². The molecule has 0 N–H and O–H groups in total. The highest BCUT2D eigenvalue weighted by Crippen LogP contribution is 2.35. The van der Waals surface area contributed by atoms with Crippen LogP contribution < -0.4 is 0 Å². The van der Waals surface area contributed by atoms with Crippen molar-refractivity contribution in [3.05, 3.63) is 33.3 Å². The average Bonchev–Trinajstić information content (AvgIpc) is 2.30. The summed E-state index contributed by atoms with van der Waals surface area (Å²) in [5.74, 6) is -1.25. The maximum Gasteiger partial charge on any atom is 0.350 e. The average molecular weight is 289 g/mol. The van der Waals surface area contributed by atoms with E-state index < -0.39 is 17.5 Å². The van der Waals surface area contributed by atoms with Crippen LogP contribution in [0.5, 0.6) is 0 Å². The minimum absolute atomic E-state index is 0.163. The molecule has 0 bridgehead atoms.